The Labute approximate surface area is 136 Å². The Balaban J connectivity index is 2.11. The quantitative estimate of drug-likeness (QED) is 0.891. The summed E-state index contributed by atoms with van der Waals surface area (Å²) in [6.45, 7) is 6.52. The van der Waals surface area contributed by atoms with E-state index in [1.54, 1.807) is 6.07 Å². The standard InChI is InChI=1S/C18H21N3O2/c1-12(2)11-20-18(23)16-10-14(8-9-19-16)17(22)21-15-7-5-4-6-13(15)3/h4-10,12H,11H2,1-3H3,(H,20,23)(H,21,22). The van der Waals surface area contributed by atoms with Crippen molar-refractivity contribution in [2.45, 2.75) is 20.8 Å². The molecule has 0 fully saturated rings. The number of aromatic nitrogens is 1. The first kappa shape index (κ1) is 16.7. The predicted molar refractivity (Wildman–Crippen MR) is 90.5 cm³/mol. The molecule has 0 aliphatic rings. The van der Waals surface area contributed by atoms with E-state index in [2.05, 4.69) is 15.6 Å². The third kappa shape index (κ3) is 4.64. The smallest absolute Gasteiger partial charge is 0.269 e. The summed E-state index contributed by atoms with van der Waals surface area (Å²) in [5.74, 6) is -0.185. The topological polar surface area (TPSA) is 71.1 Å². The lowest BCUT2D eigenvalue weighted by atomic mass is 10.1. The lowest BCUT2D eigenvalue weighted by Gasteiger charge is -2.10. The van der Waals surface area contributed by atoms with Crippen LogP contribution in [0.2, 0.25) is 0 Å². The molecule has 2 aromatic rings. The fourth-order valence-corrected chi connectivity index (χ4v) is 1.99. The number of nitrogens with zero attached hydrogens (tertiary/aromatic N) is 1. The van der Waals surface area contributed by atoms with Crippen LogP contribution in [0.15, 0.2) is 42.6 Å². The van der Waals surface area contributed by atoms with E-state index in [0.29, 0.717) is 18.0 Å². The Morgan fingerprint density at radius 1 is 1.13 bits per heavy atom. The van der Waals surface area contributed by atoms with Crippen molar-refractivity contribution in [3.63, 3.8) is 0 Å². The third-order valence-corrected chi connectivity index (χ3v) is 3.32. The van der Waals surface area contributed by atoms with Gasteiger partial charge in [-0.25, -0.2) is 0 Å². The average Bonchev–Trinajstić information content (AvgIpc) is 2.54. The second-order valence-electron chi connectivity index (χ2n) is 5.80. The van der Waals surface area contributed by atoms with Gasteiger partial charge in [-0.05, 0) is 36.6 Å². The van der Waals surface area contributed by atoms with E-state index in [1.165, 1.54) is 12.3 Å². The van der Waals surface area contributed by atoms with Gasteiger partial charge < -0.3 is 10.6 Å². The number of amides is 2. The zero-order valence-electron chi connectivity index (χ0n) is 13.6. The molecule has 0 aliphatic heterocycles. The molecule has 0 saturated heterocycles. The minimum Gasteiger partial charge on any atom is -0.350 e. The summed E-state index contributed by atoms with van der Waals surface area (Å²) in [6.07, 6.45) is 1.47. The Bertz CT molecular complexity index is 711. The van der Waals surface area contributed by atoms with Crippen molar-refractivity contribution in [3.8, 4) is 0 Å². The number of hydrogen-bond donors (Lipinski definition) is 2. The van der Waals surface area contributed by atoms with Crippen LogP contribution in [0.25, 0.3) is 0 Å². The van der Waals surface area contributed by atoms with Crippen molar-refractivity contribution in [3.05, 3.63) is 59.4 Å². The monoisotopic (exact) mass is 311 g/mol. The highest BCUT2D eigenvalue weighted by atomic mass is 16.2. The van der Waals surface area contributed by atoms with Crippen molar-refractivity contribution in [1.29, 1.82) is 0 Å². The summed E-state index contributed by atoms with van der Waals surface area (Å²) in [7, 11) is 0. The van der Waals surface area contributed by atoms with E-state index in [4.69, 9.17) is 0 Å². The van der Waals surface area contributed by atoms with Gasteiger partial charge in [-0.1, -0.05) is 32.0 Å². The number of nitrogens with one attached hydrogen (secondary N) is 2. The van der Waals surface area contributed by atoms with E-state index in [0.717, 1.165) is 11.3 Å². The van der Waals surface area contributed by atoms with Crippen LogP contribution >= 0.6 is 0 Å². The van der Waals surface area contributed by atoms with Gasteiger partial charge in [0.2, 0.25) is 0 Å². The van der Waals surface area contributed by atoms with Gasteiger partial charge in [-0.15, -0.1) is 0 Å². The molecular weight excluding hydrogens is 290 g/mol. The molecule has 120 valence electrons. The lowest BCUT2D eigenvalue weighted by Crippen LogP contribution is -2.28. The Hall–Kier alpha value is -2.69. The van der Waals surface area contributed by atoms with Crippen LogP contribution in [-0.4, -0.2) is 23.3 Å². The maximum Gasteiger partial charge on any atom is 0.269 e. The summed E-state index contributed by atoms with van der Waals surface area (Å²) in [6, 6.07) is 10.6. The molecule has 23 heavy (non-hydrogen) atoms. The van der Waals surface area contributed by atoms with Crippen LogP contribution < -0.4 is 10.6 Å². The maximum atomic E-state index is 12.3. The van der Waals surface area contributed by atoms with Crippen LogP contribution in [0.4, 0.5) is 5.69 Å². The molecule has 0 atom stereocenters. The van der Waals surface area contributed by atoms with E-state index in [1.807, 2.05) is 45.0 Å². The second-order valence-corrected chi connectivity index (χ2v) is 5.80. The van der Waals surface area contributed by atoms with Crippen molar-refractivity contribution in [1.82, 2.24) is 10.3 Å². The fraction of sp³-hybridized carbons (Fsp3) is 0.278. The number of rotatable bonds is 5. The summed E-state index contributed by atoms with van der Waals surface area (Å²) >= 11 is 0. The minimum absolute atomic E-state index is 0.239. The maximum absolute atomic E-state index is 12.3. The molecular formula is C18H21N3O2. The van der Waals surface area contributed by atoms with E-state index in [9.17, 15) is 9.59 Å². The highest BCUT2D eigenvalue weighted by molar-refractivity contribution is 6.06. The first-order chi connectivity index (χ1) is 11.0. The van der Waals surface area contributed by atoms with Crippen molar-refractivity contribution < 1.29 is 9.59 Å². The Morgan fingerprint density at radius 2 is 1.87 bits per heavy atom. The molecule has 0 saturated carbocycles. The molecule has 2 rings (SSSR count). The van der Waals surface area contributed by atoms with Gasteiger partial charge in [-0.3, -0.25) is 14.6 Å². The highest BCUT2D eigenvalue weighted by Crippen LogP contribution is 2.14. The summed E-state index contributed by atoms with van der Waals surface area (Å²) in [4.78, 5) is 28.4. The number of para-hydroxylation sites is 1. The van der Waals surface area contributed by atoms with E-state index in [-0.39, 0.29) is 17.5 Å². The van der Waals surface area contributed by atoms with E-state index < -0.39 is 0 Å². The SMILES string of the molecule is Cc1ccccc1NC(=O)c1ccnc(C(=O)NCC(C)C)c1. The molecule has 0 aliphatic carbocycles. The first-order valence-corrected chi connectivity index (χ1v) is 7.58. The summed E-state index contributed by atoms with van der Waals surface area (Å²) in [5, 5.41) is 5.63. The molecule has 1 aromatic heterocycles. The number of aryl methyl sites for hydroxylation is 1. The number of anilines is 1. The van der Waals surface area contributed by atoms with Crippen LogP contribution in [-0.2, 0) is 0 Å². The minimum atomic E-state index is -0.274. The average molecular weight is 311 g/mol. The normalized spacial score (nSPS) is 10.4. The summed E-state index contributed by atoms with van der Waals surface area (Å²) < 4.78 is 0. The molecule has 0 spiro atoms. The zero-order valence-corrected chi connectivity index (χ0v) is 13.6. The molecule has 1 aromatic carbocycles. The predicted octanol–water partition coefficient (Wildman–Crippen LogP) is 3.03. The van der Waals surface area contributed by atoms with Gasteiger partial charge in [0.25, 0.3) is 11.8 Å². The van der Waals surface area contributed by atoms with Gasteiger partial charge in [0, 0.05) is 24.0 Å². The van der Waals surface area contributed by atoms with Gasteiger partial charge in [0.1, 0.15) is 5.69 Å². The lowest BCUT2D eigenvalue weighted by molar-refractivity contribution is 0.0944. The molecule has 2 N–H and O–H groups in total. The van der Waals surface area contributed by atoms with Crippen molar-refractivity contribution >= 4 is 17.5 Å². The van der Waals surface area contributed by atoms with Crippen molar-refractivity contribution in [2.24, 2.45) is 5.92 Å². The van der Waals surface area contributed by atoms with Gasteiger partial charge in [-0.2, -0.15) is 0 Å². The summed E-state index contributed by atoms with van der Waals surface area (Å²) in [5.41, 5.74) is 2.37. The molecule has 5 heteroatoms. The van der Waals surface area contributed by atoms with Crippen LogP contribution in [0, 0.1) is 12.8 Å². The van der Waals surface area contributed by atoms with Crippen molar-refractivity contribution in [2.75, 3.05) is 11.9 Å². The fourth-order valence-electron chi connectivity index (χ4n) is 1.99. The van der Waals surface area contributed by atoms with E-state index >= 15 is 0 Å². The second kappa shape index (κ2) is 7.54. The van der Waals surface area contributed by atoms with Gasteiger partial charge in [0.15, 0.2) is 0 Å². The van der Waals surface area contributed by atoms with Crippen LogP contribution in [0.5, 0.6) is 0 Å². The molecule has 0 bridgehead atoms. The third-order valence-electron chi connectivity index (χ3n) is 3.32. The first-order valence-electron chi connectivity index (χ1n) is 7.58. The molecule has 1 heterocycles. The number of pyridine rings is 1. The molecule has 0 unspecified atom stereocenters. The van der Waals surface area contributed by atoms with Gasteiger partial charge >= 0.3 is 0 Å². The highest BCUT2D eigenvalue weighted by Gasteiger charge is 2.12. The number of hydrogen-bond acceptors (Lipinski definition) is 3. The van der Waals surface area contributed by atoms with Gasteiger partial charge in [0.05, 0.1) is 0 Å². The molecule has 0 radical (unpaired) electrons. The van der Waals surface area contributed by atoms with Crippen LogP contribution in [0.1, 0.15) is 40.3 Å². The zero-order chi connectivity index (χ0) is 16.8. The Morgan fingerprint density at radius 3 is 2.57 bits per heavy atom. The molecule has 5 nitrogen and oxygen atoms in total. The largest absolute Gasteiger partial charge is 0.350 e. The number of carbonyl (C=O) groups excluding carboxylic acids is 2. The number of benzene rings is 1. The number of carbonyl (C=O) groups is 2. The molecule has 2 amide bonds. The Kier molecular flexibility index (Phi) is 5.46. The van der Waals surface area contributed by atoms with Crippen LogP contribution in [0.3, 0.4) is 0 Å².